The van der Waals surface area contributed by atoms with Crippen molar-refractivity contribution >= 4 is 0 Å². The van der Waals surface area contributed by atoms with Crippen molar-refractivity contribution in [3.8, 4) is 5.75 Å². The van der Waals surface area contributed by atoms with Crippen LogP contribution in [-0.2, 0) is 13.0 Å². The smallest absolute Gasteiger partial charge is 0.123 e. The Morgan fingerprint density at radius 3 is 2.82 bits per heavy atom. The molecule has 0 bridgehead atoms. The molecule has 2 nitrogen and oxygen atoms in total. The lowest BCUT2D eigenvalue weighted by atomic mass is 10.0. The number of fused-ring (bicyclic) bond motifs is 1. The molecule has 94 valence electrons. The molecule has 1 N–H and O–H groups in total. The zero-order valence-corrected chi connectivity index (χ0v) is 11.3. The van der Waals surface area contributed by atoms with Crippen molar-refractivity contribution in [2.45, 2.75) is 46.3 Å². The lowest BCUT2D eigenvalue weighted by Crippen LogP contribution is -2.24. The molecule has 1 aliphatic heterocycles. The standard InChI is InChI=1S/C15H23NO/c1-11(2)9-16-10-12-5-6-14-13(7-12)8-15(3,4)17-14/h5-7,11,16H,8-10H2,1-4H3. The van der Waals surface area contributed by atoms with Crippen LogP contribution in [0, 0.1) is 5.92 Å². The summed E-state index contributed by atoms with van der Waals surface area (Å²) >= 11 is 0. The van der Waals surface area contributed by atoms with Gasteiger partial charge in [-0.05, 0) is 43.5 Å². The number of benzene rings is 1. The number of hydrogen-bond donors (Lipinski definition) is 1. The minimum atomic E-state index is -0.0354. The summed E-state index contributed by atoms with van der Waals surface area (Å²) in [5, 5.41) is 3.47. The Hall–Kier alpha value is -1.02. The van der Waals surface area contributed by atoms with Crippen molar-refractivity contribution in [3.05, 3.63) is 29.3 Å². The van der Waals surface area contributed by atoms with Crippen molar-refractivity contribution < 1.29 is 4.74 Å². The molecule has 17 heavy (non-hydrogen) atoms. The number of ether oxygens (including phenoxy) is 1. The summed E-state index contributed by atoms with van der Waals surface area (Å²) < 4.78 is 5.87. The molecule has 1 heterocycles. The van der Waals surface area contributed by atoms with Crippen LogP contribution in [0.1, 0.15) is 38.8 Å². The van der Waals surface area contributed by atoms with Crippen molar-refractivity contribution in [2.75, 3.05) is 6.54 Å². The Morgan fingerprint density at radius 2 is 2.12 bits per heavy atom. The summed E-state index contributed by atoms with van der Waals surface area (Å²) in [6.45, 7) is 10.8. The highest BCUT2D eigenvalue weighted by atomic mass is 16.5. The predicted molar refractivity (Wildman–Crippen MR) is 71.4 cm³/mol. The number of rotatable bonds is 4. The minimum Gasteiger partial charge on any atom is -0.487 e. The Morgan fingerprint density at radius 1 is 1.35 bits per heavy atom. The average Bonchev–Trinajstić information content (AvgIpc) is 2.50. The second kappa shape index (κ2) is 4.69. The first-order chi connectivity index (χ1) is 7.96. The molecule has 0 aromatic heterocycles. The van der Waals surface area contributed by atoms with Gasteiger partial charge in [0.25, 0.3) is 0 Å². The molecule has 0 aliphatic carbocycles. The van der Waals surface area contributed by atoms with Gasteiger partial charge >= 0.3 is 0 Å². The van der Waals surface area contributed by atoms with Gasteiger partial charge < -0.3 is 10.1 Å². The monoisotopic (exact) mass is 233 g/mol. The van der Waals surface area contributed by atoms with E-state index < -0.39 is 0 Å². The molecular weight excluding hydrogens is 210 g/mol. The molecule has 0 radical (unpaired) electrons. The van der Waals surface area contributed by atoms with Gasteiger partial charge in [-0.3, -0.25) is 0 Å². The largest absolute Gasteiger partial charge is 0.487 e. The van der Waals surface area contributed by atoms with Crippen LogP contribution in [0.3, 0.4) is 0 Å². The summed E-state index contributed by atoms with van der Waals surface area (Å²) in [7, 11) is 0. The maximum atomic E-state index is 5.87. The van der Waals surface area contributed by atoms with E-state index in [1.807, 2.05) is 0 Å². The van der Waals surface area contributed by atoms with Crippen LogP contribution in [0.15, 0.2) is 18.2 Å². The Balaban J connectivity index is 1.99. The normalized spacial score (nSPS) is 17.0. The van der Waals surface area contributed by atoms with Gasteiger partial charge in [0, 0.05) is 13.0 Å². The lowest BCUT2D eigenvalue weighted by molar-refractivity contribution is 0.138. The molecule has 0 spiro atoms. The van der Waals surface area contributed by atoms with Crippen molar-refractivity contribution in [2.24, 2.45) is 5.92 Å². The van der Waals surface area contributed by atoms with Gasteiger partial charge in [0.15, 0.2) is 0 Å². The van der Waals surface area contributed by atoms with Crippen LogP contribution in [0.5, 0.6) is 5.75 Å². The maximum absolute atomic E-state index is 5.87. The summed E-state index contributed by atoms with van der Waals surface area (Å²) in [4.78, 5) is 0. The second-order valence-corrected chi connectivity index (χ2v) is 6.01. The van der Waals surface area contributed by atoms with Crippen LogP contribution in [0.25, 0.3) is 0 Å². The van der Waals surface area contributed by atoms with Gasteiger partial charge in [-0.15, -0.1) is 0 Å². The fourth-order valence-electron chi connectivity index (χ4n) is 2.28. The highest BCUT2D eigenvalue weighted by molar-refractivity contribution is 5.41. The summed E-state index contributed by atoms with van der Waals surface area (Å²) in [6, 6.07) is 6.54. The van der Waals surface area contributed by atoms with Crippen molar-refractivity contribution in [1.29, 1.82) is 0 Å². The lowest BCUT2D eigenvalue weighted by Gasteiger charge is -2.16. The van der Waals surface area contributed by atoms with E-state index in [-0.39, 0.29) is 5.60 Å². The molecule has 0 unspecified atom stereocenters. The molecule has 0 saturated heterocycles. The van der Waals surface area contributed by atoms with E-state index >= 15 is 0 Å². The van der Waals surface area contributed by atoms with E-state index in [4.69, 9.17) is 4.74 Å². The van der Waals surface area contributed by atoms with E-state index in [0.29, 0.717) is 5.92 Å². The third-order valence-corrected chi connectivity index (χ3v) is 3.01. The van der Waals surface area contributed by atoms with E-state index in [2.05, 4.69) is 51.2 Å². The summed E-state index contributed by atoms with van der Waals surface area (Å²) in [6.07, 6.45) is 1.01. The summed E-state index contributed by atoms with van der Waals surface area (Å²) in [5.74, 6) is 1.76. The van der Waals surface area contributed by atoms with Gasteiger partial charge in [-0.25, -0.2) is 0 Å². The topological polar surface area (TPSA) is 21.3 Å². The zero-order chi connectivity index (χ0) is 12.5. The third kappa shape index (κ3) is 3.22. The Kier molecular flexibility index (Phi) is 3.43. The zero-order valence-electron chi connectivity index (χ0n) is 11.3. The molecule has 0 amide bonds. The van der Waals surface area contributed by atoms with Gasteiger partial charge in [-0.2, -0.15) is 0 Å². The Labute approximate surface area is 104 Å². The highest BCUT2D eigenvalue weighted by Gasteiger charge is 2.29. The van der Waals surface area contributed by atoms with Crippen LogP contribution in [-0.4, -0.2) is 12.1 Å². The molecule has 0 fully saturated rings. The van der Waals surface area contributed by atoms with E-state index in [9.17, 15) is 0 Å². The Bertz CT molecular complexity index is 396. The molecule has 2 heteroatoms. The van der Waals surface area contributed by atoms with E-state index in [1.165, 1.54) is 11.1 Å². The van der Waals surface area contributed by atoms with Gasteiger partial charge in [0.1, 0.15) is 11.4 Å². The predicted octanol–water partition coefficient (Wildman–Crippen LogP) is 3.15. The maximum Gasteiger partial charge on any atom is 0.123 e. The minimum absolute atomic E-state index is 0.0354. The number of hydrogen-bond acceptors (Lipinski definition) is 2. The van der Waals surface area contributed by atoms with Gasteiger partial charge in [-0.1, -0.05) is 26.0 Å². The van der Waals surface area contributed by atoms with E-state index in [0.717, 1.165) is 25.3 Å². The molecule has 0 saturated carbocycles. The molecular formula is C15H23NO. The first-order valence-electron chi connectivity index (χ1n) is 6.48. The summed E-state index contributed by atoms with van der Waals surface area (Å²) in [5.41, 5.74) is 2.66. The van der Waals surface area contributed by atoms with Gasteiger partial charge in [0.05, 0.1) is 0 Å². The molecule has 1 aliphatic rings. The fraction of sp³-hybridized carbons (Fsp3) is 0.600. The highest BCUT2D eigenvalue weighted by Crippen LogP contribution is 2.35. The number of nitrogens with one attached hydrogen (secondary N) is 1. The molecule has 0 atom stereocenters. The van der Waals surface area contributed by atoms with Crippen LogP contribution < -0.4 is 10.1 Å². The first kappa shape index (κ1) is 12.4. The second-order valence-electron chi connectivity index (χ2n) is 6.01. The first-order valence-corrected chi connectivity index (χ1v) is 6.48. The van der Waals surface area contributed by atoms with Crippen LogP contribution in [0.2, 0.25) is 0 Å². The van der Waals surface area contributed by atoms with Crippen molar-refractivity contribution in [3.63, 3.8) is 0 Å². The average molecular weight is 233 g/mol. The SMILES string of the molecule is CC(C)CNCc1ccc2c(c1)CC(C)(C)O2. The fourth-order valence-corrected chi connectivity index (χ4v) is 2.28. The van der Waals surface area contributed by atoms with E-state index in [1.54, 1.807) is 0 Å². The van der Waals surface area contributed by atoms with Crippen LogP contribution in [0.4, 0.5) is 0 Å². The van der Waals surface area contributed by atoms with Gasteiger partial charge in [0.2, 0.25) is 0 Å². The van der Waals surface area contributed by atoms with Crippen LogP contribution >= 0.6 is 0 Å². The molecule has 1 aromatic carbocycles. The third-order valence-electron chi connectivity index (χ3n) is 3.01. The molecule has 2 rings (SSSR count). The molecule has 1 aromatic rings. The quantitative estimate of drug-likeness (QED) is 0.862. The van der Waals surface area contributed by atoms with Crippen molar-refractivity contribution in [1.82, 2.24) is 5.32 Å².